The molecule has 0 aromatic heterocycles. The Kier molecular flexibility index (Phi) is 3.56. The summed E-state index contributed by atoms with van der Waals surface area (Å²) in [4.78, 5) is 0. The molecular formula is C14H19F3O. The molecule has 0 aliphatic heterocycles. The number of benzene rings is 1. The van der Waals surface area contributed by atoms with E-state index >= 15 is 0 Å². The lowest BCUT2D eigenvalue weighted by Gasteiger charge is -2.32. The summed E-state index contributed by atoms with van der Waals surface area (Å²) >= 11 is 0. The summed E-state index contributed by atoms with van der Waals surface area (Å²) in [7, 11) is 0. The molecule has 102 valence electrons. The predicted octanol–water partition coefficient (Wildman–Crippen LogP) is 4.00. The van der Waals surface area contributed by atoms with Gasteiger partial charge in [-0.25, -0.2) is 0 Å². The molecule has 0 heterocycles. The van der Waals surface area contributed by atoms with Gasteiger partial charge in [-0.3, -0.25) is 0 Å². The molecule has 1 aromatic rings. The third kappa shape index (κ3) is 2.03. The first-order valence-corrected chi connectivity index (χ1v) is 5.79. The predicted molar refractivity (Wildman–Crippen MR) is 65.8 cm³/mol. The standard InChI is InChI=1S/C14H19F3O/c1-7-8(2)10(4)12(11(5)9(7)3)13(6,18)14(15,16)17/h18H,1-6H3. The Bertz CT molecular complexity index is 456. The van der Waals surface area contributed by atoms with Crippen LogP contribution in [0.15, 0.2) is 0 Å². The molecular weight excluding hydrogens is 241 g/mol. The highest BCUT2D eigenvalue weighted by Gasteiger charge is 2.52. The molecule has 1 rings (SSSR count). The fourth-order valence-electron chi connectivity index (χ4n) is 2.37. The molecule has 1 unspecified atom stereocenters. The fraction of sp³-hybridized carbons (Fsp3) is 0.571. The molecule has 1 N–H and O–H groups in total. The van der Waals surface area contributed by atoms with Crippen molar-refractivity contribution in [1.82, 2.24) is 0 Å². The van der Waals surface area contributed by atoms with Gasteiger partial charge in [-0.15, -0.1) is 0 Å². The summed E-state index contributed by atoms with van der Waals surface area (Å²) in [6.07, 6.45) is -4.68. The van der Waals surface area contributed by atoms with Gasteiger partial charge in [0, 0.05) is 0 Å². The van der Waals surface area contributed by atoms with Crippen LogP contribution in [0.4, 0.5) is 13.2 Å². The van der Waals surface area contributed by atoms with Crippen LogP contribution < -0.4 is 0 Å². The van der Waals surface area contributed by atoms with Crippen LogP contribution in [0.5, 0.6) is 0 Å². The summed E-state index contributed by atoms with van der Waals surface area (Å²) in [5.74, 6) is 0. The molecule has 18 heavy (non-hydrogen) atoms. The van der Waals surface area contributed by atoms with Crippen molar-refractivity contribution >= 4 is 0 Å². The van der Waals surface area contributed by atoms with Crippen molar-refractivity contribution in [2.75, 3.05) is 0 Å². The zero-order valence-electron chi connectivity index (χ0n) is 11.6. The molecule has 0 amide bonds. The van der Waals surface area contributed by atoms with Crippen LogP contribution in [0.2, 0.25) is 0 Å². The first kappa shape index (κ1) is 15.0. The normalized spacial score (nSPS) is 15.7. The van der Waals surface area contributed by atoms with E-state index in [-0.39, 0.29) is 5.56 Å². The highest BCUT2D eigenvalue weighted by molar-refractivity contribution is 5.52. The molecule has 1 nitrogen and oxygen atoms in total. The Morgan fingerprint density at radius 1 is 0.722 bits per heavy atom. The minimum Gasteiger partial charge on any atom is -0.376 e. The van der Waals surface area contributed by atoms with Gasteiger partial charge in [0.2, 0.25) is 0 Å². The molecule has 0 bridgehead atoms. The fourth-order valence-corrected chi connectivity index (χ4v) is 2.37. The van der Waals surface area contributed by atoms with Gasteiger partial charge >= 0.3 is 6.18 Å². The largest absolute Gasteiger partial charge is 0.421 e. The third-order valence-corrected chi connectivity index (χ3v) is 4.04. The van der Waals surface area contributed by atoms with Gasteiger partial charge in [0.15, 0.2) is 5.60 Å². The minimum absolute atomic E-state index is 0.0180. The third-order valence-electron chi connectivity index (χ3n) is 4.04. The Morgan fingerprint density at radius 2 is 1.00 bits per heavy atom. The van der Waals surface area contributed by atoms with Crippen LogP contribution in [-0.2, 0) is 5.60 Å². The number of hydrogen-bond acceptors (Lipinski definition) is 1. The highest BCUT2D eigenvalue weighted by atomic mass is 19.4. The van der Waals surface area contributed by atoms with E-state index in [4.69, 9.17) is 0 Å². The van der Waals surface area contributed by atoms with Crippen LogP contribution in [0.3, 0.4) is 0 Å². The van der Waals surface area contributed by atoms with E-state index in [1.54, 1.807) is 27.7 Å². The van der Waals surface area contributed by atoms with Crippen LogP contribution in [0, 0.1) is 34.6 Å². The summed E-state index contributed by atoms with van der Waals surface area (Å²) in [5, 5.41) is 9.90. The van der Waals surface area contributed by atoms with Crippen molar-refractivity contribution in [2.45, 2.75) is 53.3 Å². The van der Waals surface area contributed by atoms with Crippen molar-refractivity contribution in [2.24, 2.45) is 0 Å². The van der Waals surface area contributed by atoms with Gasteiger partial charge in [-0.05, 0) is 74.9 Å². The Balaban J connectivity index is 3.72. The smallest absolute Gasteiger partial charge is 0.376 e. The number of halogens is 3. The first-order chi connectivity index (χ1) is 7.93. The van der Waals surface area contributed by atoms with Gasteiger partial charge in [0.05, 0.1) is 0 Å². The molecule has 0 fully saturated rings. The van der Waals surface area contributed by atoms with Crippen molar-refractivity contribution in [3.63, 3.8) is 0 Å². The maximum Gasteiger partial charge on any atom is 0.421 e. The van der Waals surface area contributed by atoms with Gasteiger partial charge in [0.25, 0.3) is 0 Å². The van der Waals surface area contributed by atoms with E-state index in [9.17, 15) is 18.3 Å². The van der Waals surface area contributed by atoms with E-state index in [0.717, 1.165) is 23.6 Å². The highest BCUT2D eigenvalue weighted by Crippen LogP contribution is 2.43. The number of rotatable bonds is 1. The van der Waals surface area contributed by atoms with E-state index in [1.807, 2.05) is 6.92 Å². The summed E-state index contributed by atoms with van der Waals surface area (Å²) in [6, 6.07) is 0. The molecule has 0 spiro atoms. The maximum absolute atomic E-state index is 13.0. The van der Waals surface area contributed by atoms with Gasteiger partial charge in [0.1, 0.15) is 0 Å². The monoisotopic (exact) mass is 260 g/mol. The molecule has 0 saturated carbocycles. The van der Waals surface area contributed by atoms with Crippen molar-refractivity contribution in [3.8, 4) is 0 Å². The van der Waals surface area contributed by atoms with Gasteiger partial charge in [-0.1, -0.05) is 0 Å². The molecule has 1 atom stereocenters. The molecule has 0 aliphatic carbocycles. The Morgan fingerprint density at radius 3 is 1.28 bits per heavy atom. The average Bonchev–Trinajstić information content (AvgIpc) is 2.22. The van der Waals surface area contributed by atoms with E-state index in [1.165, 1.54) is 0 Å². The first-order valence-electron chi connectivity index (χ1n) is 5.79. The van der Waals surface area contributed by atoms with Crippen LogP contribution >= 0.6 is 0 Å². The van der Waals surface area contributed by atoms with Gasteiger partial charge < -0.3 is 5.11 Å². The van der Waals surface area contributed by atoms with Crippen molar-refractivity contribution in [3.05, 3.63) is 33.4 Å². The maximum atomic E-state index is 13.0. The van der Waals surface area contributed by atoms with Crippen LogP contribution in [0.1, 0.15) is 40.3 Å². The summed E-state index contributed by atoms with van der Waals surface area (Å²) in [5.41, 5.74) is 0.776. The second-order valence-electron chi connectivity index (χ2n) is 5.07. The quantitative estimate of drug-likeness (QED) is 0.809. The molecule has 0 aliphatic rings. The number of hydrogen-bond donors (Lipinski definition) is 1. The second-order valence-corrected chi connectivity index (χ2v) is 5.07. The molecule has 0 radical (unpaired) electrons. The lowest BCUT2D eigenvalue weighted by molar-refractivity contribution is -0.259. The lowest BCUT2D eigenvalue weighted by atomic mass is 9.81. The van der Waals surface area contributed by atoms with Crippen LogP contribution in [0.25, 0.3) is 0 Å². The summed E-state index contributed by atoms with van der Waals surface area (Å²) < 4.78 is 39.0. The van der Waals surface area contributed by atoms with Crippen LogP contribution in [-0.4, -0.2) is 11.3 Å². The van der Waals surface area contributed by atoms with Crippen molar-refractivity contribution < 1.29 is 18.3 Å². The van der Waals surface area contributed by atoms with E-state index in [0.29, 0.717) is 11.1 Å². The number of aliphatic hydroxyl groups is 1. The Labute approximate surface area is 106 Å². The lowest BCUT2D eigenvalue weighted by Crippen LogP contribution is -2.41. The van der Waals surface area contributed by atoms with Gasteiger partial charge in [-0.2, -0.15) is 13.2 Å². The minimum atomic E-state index is -4.68. The SMILES string of the molecule is Cc1c(C)c(C)c(C(C)(O)C(F)(F)F)c(C)c1C. The Hall–Kier alpha value is -1.03. The van der Waals surface area contributed by atoms with Crippen molar-refractivity contribution in [1.29, 1.82) is 0 Å². The molecule has 1 aromatic carbocycles. The molecule has 0 saturated heterocycles. The zero-order chi connectivity index (χ0) is 14.5. The molecule has 4 heteroatoms. The summed E-state index contributed by atoms with van der Waals surface area (Å²) in [6.45, 7) is 9.53. The second kappa shape index (κ2) is 4.26. The zero-order valence-corrected chi connectivity index (χ0v) is 11.6. The number of alkyl halides is 3. The topological polar surface area (TPSA) is 20.2 Å². The average molecular weight is 260 g/mol. The van der Waals surface area contributed by atoms with E-state index < -0.39 is 11.8 Å². The van der Waals surface area contributed by atoms with E-state index in [2.05, 4.69) is 0 Å².